The molecule has 96 valence electrons. The average molecular weight is 230 g/mol. The van der Waals surface area contributed by atoms with Crippen molar-refractivity contribution in [3.8, 4) is 0 Å². The first-order chi connectivity index (χ1) is 7.43. The van der Waals surface area contributed by atoms with Crippen LogP contribution in [0.2, 0.25) is 0 Å². The number of aliphatic hydroxyl groups is 1. The minimum atomic E-state index is -0.206. The lowest BCUT2D eigenvalue weighted by Crippen LogP contribution is -2.46. The van der Waals surface area contributed by atoms with Crippen LogP contribution >= 0.6 is 0 Å². The summed E-state index contributed by atoms with van der Waals surface area (Å²) in [5.74, 6) is 0.0298. The Morgan fingerprint density at radius 1 is 1.44 bits per heavy atom. The molecule has 0 radical (unpaired) electrons. The molecule has 0 saturated heterocycles. The zero-order chi connectivity index (χ0) is 12.6. The maximum atomic E-state index is 11.6. The molecular weight excluding hydrogens is 204 g/mol. The number of carbonyl (C=O) groups is 1. The first kappa shape index (κ1) is 15.4. The van der Waals surface area contributed by atoms with E-state index in [0.29, 0.717) is 6.54 Å². The number of nitrogens with one attached hydrogen (secondary N) is 2. The van der Waals surface area contributed by atoms with Gasteiger partial charge in [-0.15, -0.1) is 0 Å². The van der Waals surface area contributed by atoms with Gasteiger partial charge in [0.05, 0.1) is 6.04 Å². The molecule has 16 heavy (non-hydrogen) atoms. The summed E-state index contributed by atoms with van der Waals surface area (Å²) >= 11 is 0. The van der Waals surface area contributed by atoms with Crippen molar-refractivity contribution >= 4 is 5.91 Å². The molecule has 3 N–H and O–H groups in total. The van der Waals surface area contributed by atoms with Crippen molar-refractivity contribution < 1.29 is 9.90 Å². The van der Waals surface area contributed by atoms with Crippen molar-refractivity contribution in [2.75, 3.05) is 19.7 Å². The summed E-state index contributed by atoms with van der Waals surface area (Å²) in [5.41, 5.74) is -0.183. The maximum absolute atomic E-state index is 11.6. The second-order valence-electron chi connectivity index (χ2n) is 5.07. The summed E-state index contributed by atoms with van der Waals surface area (Å²) in [4.78, 5) is 11.6. The lowest BCUT2D eigenvalue weighted by atomic mass is 9.94. The molecule has 0 aromatic carbocycles. The third kappa shape index (κ3) is 6.80. The number of unbranched alkanes of at least 4 members (excludes halogenated alkanes) is 1. The predicted octanol–water partition coefficient (Wildman–Crippen LogP) is 0.899. The summed E-state index contributed by atoms with van der Waals surface area (Å²) in [7, 11) is 0. The monoisotopic (exact) mass is 230 g/mol. The highest BCUT2D eigenvalue weighted by Crippen LogP contribution is 2.11. The van der Waals surface area contributed by atoms with Crippen molar-refractivity contribution in [2.24, 2.45) is 5.41 Å². The van der Waals surface area contributed by atoms with Crippen molar-refractivity contribution in [2.45, 2.75) is 46.6 Å². The molecule has 0 aliphatic rings. The molecule has 0 aromatic rings. The third-order valence-corrected chi connectivity index (χ3v) is 2.54. The second-order valence-corrected chi connectivity index (χ2v) is 5.07. The summed E-state index contributed by atoms with van der Waals surface area (Å²) in [5, 5.41) is 15.1. The van der Waals surface area contributed by atoms with Gasteiger partial charge in [-0.25, -0.2) is 0 Å². The molecule has 0 fully saturated rings. The number of amides is 1. The van der Waals surface area contributed by atoms with E-state index < -0.39 is 0 Å². The van der Waals surface area contributed by atoms with E-state index in [1.807, 2.05) is 20.8 Å². The molecule has 4 nitrogen and oxygen atoms in total. The summed E-state index contributed by atoms with van der Waals surface area (Å²) in [6, 6.07) is -0.206. The highest BCUT2D eigenvalue weighted by atomic mass is 16.3. The fourth-order valence-corrected chi connectivity index (χ4v) is 1.12. The quantitative estimate of drug-likeness (QED) is 0.543. The van der Waals surface area contributed by atoms with Crippen molar-refractivity contribution in [1.29, 1.82) is 0 Å². The van der Waals surface area contributed by atoms with Crippen LogP contribution in [0.4, 0.5) is 0 Å². The van der Waals surface area contributed by atoms with Crippen LogP contribution in [0, 0.1) is 5.41 Å². The van der Waals surface area contributed by atoms with Crippen LogP contribution in [0.3, 0.4) is 0 Å². The molecule has 0 aliphatic carbocycles. The van der Waals surface area contributed by atoms with Gasteiger partial charge in [-0.2, -0.15) is 0 Å². The maximum Gasteiger partial charge on any atom is 0.236 e. The molecule has 0 saturated carbocycles. The van der Waals surface area contributed by atoms with E-state index in [1.54, 1.807) is 0 Å². The minimum Gasteiger partial charge on any atom is -0.396 e. The van der Waals surface area contributed by atoms with Crippen molar-refractivity contribution in [1.82, 2.24) is 10.6 Å². The van der Waals surface area contributed by atoms with Gasteiger partial charge in [-0.05, 0) is 13.3 Å². The predicted molar refractivity (Wildman–Crippen MR) is 66.2 cm³/mol. The van der Waals surface area contributed by atoms with Crippen LogP contribution in [0.5, 0.6) is 0 Å². The van der Waals surface area contributed by atoms with Gasteiger partial charge >= 0.3 is 0 Å². The number of carbonyl (C=O) groups excluding carboxylic acids is 1. The van der Waals surface area contributed by atoms with Crippen LogP contribution in [-0.4, -0.2) is 36.8 Å². The lowest BCUT2D eigenvalue weighted by Gasteiger charge is -2.24. The Morgan fingerprint density at radius 3 is 2.56 bits per heavy atom. The van der Waals surface area contributed by atoms with Gasteiger partial charge in [-0.3, -0.25) is 4.79 Å². The molecule has 1 atom stereocenters. The molecule has 0 aromatic heterocycles. The van der Waals surface area contributed by atoms with Crippen LogP contribution in [-0.2, 0) is 4.79 Å². The van der Waals surface area contributed by atoms with Gasteiger partial charge in [0.25, 0.3) is 0 Å². The van der Waals surface area contributed by atoms with E-state index in [0.717, 1.165) is 19.4 Å². The van der Waals surface area contributed by atoms with Crippen LogP contribution in [0.25, 0.3) is 0 Å². The average Bonchev–Trinajstić information content (AvgIpc) is 2.26. The SMILES string of the molecule is CCCCNC(=O)C(C)NCC(C)(C)CO. The van der Waals surface area contributed by atoms with E-state index >= 15 is 0 Å². The summed E-state index contributed by atoms with van der Waals surface area (Å²) < 4.78 is 0. The molecule has 0 aliphatic heterocycles. The lowest BCUT2D eigenvalue weighted by molar-refractivity contribution is -0.122. The molecule has 1 amide bonds. The number of aliphatic hydroxyl groups excluding tert-OH is 1. The molecule has 0 spiro atoms. The zero-order valence-electron chi connectivity index (χ0n) is 11.0. The Kier molecular flexibility index (Phi) is 7.34. The van der Waals surface area contributed by atoms with Crippen molar-refractivity contribution in [3.63, 3.8) is 0 Å². The van der Waals surface area contributed by atoms with Gasteiger partial charge in [0.2, 0.25) is 5.91 Å². The first-order valence-corrected chi connectivity index (χ1v) is 6.05. The first-order valence-electron chi connectivity index (χ1n) is 6.05. The summed E-state index contributed by atoms with van der Waals surface area (Å²) in [6.45, 7) is 9.34. The fourth-order valence-electron chi connectivity index (χ4n) is 1.12. The topological polar surface area (TPSA) is 61.4 Å². The van der Waals surface area contributed by atoms with Crippen LogP contribution in [0.15, 0.2) is 0 Å². The number of hydrogen-bond donors (Lipinski definition) is 3. The van der Waals surface area contributed by atoms with E-state index in [2.05, 4.69) is 17.6 Å². The normalized spacial score (nSPS) is 13.6. The van der Waals surface area contributed by atoms with Crippen LogP contribution < -0.4 is 10.6 Å². The molecule has 0 rings (SSSR count). The number of hydrogen-bond acceptors (Lipinski definition) is 3. The molecule has 0 heterocycles. The Labute approximate surface area is 98.8 Å². The Hall–Kier alpha value is -0.610. The largest absolute Gasteiger partial charge is 0.396 e. The summed E-state index contributed by atoms with van der Waals surface area (Å²) in [6.07, 6.45) is 2.10. The number of rotatable bonds is 8. The zero-order valence-corrected chi connectivity index (χ0v) is 11.0. The van der Waals surface area contributed by atoms with E-state index in [-0.39, 0.29) is 24.0 Å². The standard InChI is InChI=1S/C12H26N2O2/c1-5-6-7-13-11(16)10(2)14-8-12(3,4)9-15/h10,14-15H,5-9H2,1-4H3,(H,13,16). The van der Waals surface area contributed by atoms with Crippen molar-refractivity contribution in [3.05, 3.63) is 0 Å². The van der Waals surface area contributed by atoms with Gasteiger partial charge in [-0.1, -0.05) is 27.2 Å². The molecule has 1 unspecified atom stereocenters. The third-order valence-electron chi connectivity index (χ3n) is 2.54. The van der Waals surface area contributed by atoms with Crippen LogP contribution in [0.1, 0.15) is 40.5 Å². The van der Waals surface area contributed by atoms with Gasteiger partial charge < -0.3 is 15.7 Å². The van der Waals surface area contributed by atoms with Gasteiger partial charge in [0, 0.05) is 25.1 Å². The van der Waals surface area contributed by atoms with E-state index in [9.17, 15) is 4.79 Å². The Bertz CT molecular complexity index is 205. The van der Waals surface area contributed by atoms with Gasteiger partial charge in [0.15, 0.2) is 0 Å². The highest BCUT2D eigenvalue weighted by Gasteiger charge is 2.19. The fraction of sp³-hybridized carbons (Fsp3) is 0.917. The van der Waals surface area contributed by atoms with E-state index in [1.165, 1.54) is 0 Å². The van der Waals surface area contributed by atoms with Gasteiger partial charge in [0.1, 0.15) is 0 Å². The smallest absolute Gasteiger partial charge is 0.236 e. The molecule has 4 heteroatoms. The Morgan fingerprint density at radius 2 is 2.06 bits per heavy atom. The second kappa shape index (κ2) is 7.63. The van der Waals surface area contributed by atoms with E-state index in [4.69, 9.17) is 5.11 Å². The molecule has 0 bridgehead atoms. The minimum absolute atomic E-state index is 0.0298. The highest BCUT2D eigenvalue weighted by molar-refractivity contribution is 5.81. The Balaban J connectivity index is 3.79. The molecular formula is C12H26N2O2.